The van der Waals surface area contributed by atoms with Gasteiger partial charge in [0, 0.05) is 25.1 Å². The van der Waals surface area contributed by atoms with E-state index in [1.165, 1.54) is 16.4 Å². The van der Waals surface area contributed by atoms with E-state index in [1.54, 1.807) is 19.1 Å². The van der Waals surface area contributed by atoms with E-state index in [-0.39, 0.29) is 29.6 Å². The predicted octanol–water partition coefficient (Wildman–Crippen LogP) is 3.24. The van der Waals surface area contributed by atoms with Gasteiger partial charge in [0.1, 0.15) is 0 Å². The van der Waals surface area contributed by atoms with E-state index in [1.807, 2.05) is 30.3 Å². The minimum atomic E-state index is -3.71. The largest absolute Gasteiger partial charge is 0.330 e. The van der Waals surface area contributed by atoms with Crippen LogP contribution in [0.3, 0.4) is 0 Å². The third-order valence-electron chi connectivity index (χ3n) is 3.93. The Bertz CT molecular complexity index is 811. The second-order valence-electron chi connectivity index (χ2n) is 5.77. The summed E-state index contributed by atoms with van der Waals surface area (Å²) in [6.45, 7) is 2.77. The summed E-state index contributed by atoms with van der Waals surface area (Å²) in [4.78, 5) is 12.0. The zero-order chi connectivity index (χ0) is 18.3. The molecule has 0 aliphatic heterocycles. The highest BCUT2D eigenvalue weighted by Crippen LogP contribution is 2.20. The molecule has 0 saturated carbocycles. The Morgan fingerprint density at radius 3 is 2.38 bits per heavy atom. The number of nitrogens with two attached hydrogens (primary N) is 1. The molecule has 142 valence electrons. The lowest BCUT2D eigenvalue weighted by molar-refractivity contribution is 0.0988. The van der Waals surface area contributed by atoms with Gasteiger partial charge in [0.15, 0.2) is 5.78 Å². The van der Waals surface area contributed by atoms with Gasteiger partial charge < -0.3 is 5.73 Å². The molecule has 0 spiro atoms. The number of carbonyl (C=O) groups excluding carboxylic acids is 1. The van der Waals surface area contributed by atoms with Crippen molar-refractivity contribution in [3.63, 3.8) is 0 Å². The lowest BCUT2D eigenvalue weighted by Gasteiger charge is -2.22. The number of sulfonamides is 1. The Morgan fingerprint density at radius 2 is 1.77 bits per heavy atom. The van der Waals surface area contributed by atoms with Crippen LogP contribution >= 0.6 is 12.4 Å². The number of carbonyl (C=O) groups is 1. The Balaban J connectivity index is 0.00000338. The molecule has 0 aliphatic carbocycles. The van der Waals surface area contributed by atoms with Crippen LogP contribution in [-0.2, 0) is 16.6 Å². The molecule has 0 aliphatic rings. The van der Waals surface area contributed by atoms with Gasteiger partial charge in [0.25, 0.3) is 0 Å². The zero-order valence-corrected chi connectivity index (χ0v) is 16.4. The SMILES string of the molecule is CCC(=O)c1cccc(S(=O)(=O)N(CCCN)Cc2ccccc2)c1.Cl. The molecule has 7 heteroatoms. The van der Waals surface area contributed by atoms with Crippen molar-refractivity contribution in [2.75, 3.05) is 13.1 Å². The fourth-order valence-electron chi connectivity index (χ4n) is 2.52. The molecule has 2 rings (SSSR count). The summed E-state index contributed by atoms with van der Waals surface area (Å²) in [5.74, 6) is -0.0754. The molecule has 0 saturated heterocycles. The number of benzene rings is 2. The molecule has 0 heterocycles. The van der Waals surface area contributed by atoms with Gasteiger partial charge in [-0.25, -0.2) is 8.42 Å². The topological polar surface area (TPSA) is 80.5 Å². The van der Waals surface area contributed by atoms with Crippen LogP contribution in [-0.4, -0.2) is 31.6 Å². The summed E-state index contributed by atoms with van der Waals surface area (Å²) in [5.41, 5.74) is 6.89. The number of rotatable bonds is 9. The van der Waals surface area contributed by atoms with Crippen molar-refractivity contribution in [2.24, 2.45) is 5.73 Å². The smallest absolute Gasteiger partial charge is 0.243 e. The molecule has 2 aromatic rings. The summed E-state index contributed by atoms with van der Waals surface area (Å²) in [7, 11) is -3.71. The van der Waals surface area contributed by atoms with Gasteiger partial charge in [-0.3, -0.25) is 4.79 Å². The maximum Gasteiger partial charge on any atom is 0.243 e. The van der Waals surface area contributed by atoms with Crippen LogP contribution < -0.4 is 5.73 Å². The van der Waals surface area contributed by atoms with Crippen molar-refractivity contribution in [2.45, 2.75) is 31.2 Å². The lowest BCUT2D eigenvalue weighted by atomic mass is 10.1. The Labute approximate surface area is 161 Å². The monoisotopic (exact) mass is 396 g/mol. The Hall–Kier alpha value is -1.73. The lowest BCUT2D eigenvalue weighted by Crippen LogP contribution is -2.32. The standard InChI is InChI=1S/C19H24N2O3S.ClH/c1-2-19(22)17-10-6-11-18(14-17)25(23,24)21(13-7-12-20)15-16-8-4-3-5-9-16;/h3-6,8-11,14H,2,7,12-13,15,20H2,1H3;1H. The number of hydrogen-bond donors (Lipinski definition) is 1. The number of hydrogen-bond acceptors (Lipinski definition) is 4. The van der Waals surface area contributed by atoms with Crippen molar-refractivity contribution in [3.8, 4) is 0 Å². The average Bonchev–Trinajstić information content (AvgIpc) is 2.65. The minimum absolute atomic E-state index is 0. The van der Waals surface area contributed by atoms with E-state index in [4.69, 9.17) is 5.73 Å². The molecule has 0 atom stereocenters. The van der Waals surface area contributed by atoms with Crippen LogP contribution in [0.25, 0.3) is 0 Å². The van der Waals surface area contributed by atoms with Crippen molar-refractivity contribution in [1.82, 2.24) is 4.31 Å². The third-order valence-corrected chi connectivity index (χ3v) is 5.77. The molecule has 0 radical (unpaired) electrons. The molecule has 0 amide bonds. The zero-order valence-electron chi connectivity index (χ0n) is 14.8. The maximum absolute atomic E-state index is 13.1. The van der Waals surface area contributed by atoms with Crippen LogP contribution in [0, 0.1) is 0 Å². The minimum Gasteiger partial charge on any atom is -0.330 e. The fraction of sp³-hybridized carbons (Fsp3) is 0.316. The van der Waals surface area contributed by atoms with E-state index < -0.39 is 10.0 Å². The number of ketones is 1. The molecular weight excluding hydrogens is 372 g/mol. The van der Waals surface area contributed by atoms with E-state index >= 15 is 0 Å². The first-order valence-electron chi connectivity index (χ1n) is 8.36. The number of halogens is 1. The highest BCUT2D eigenvalue weighted by Gasteiger charge is 2.25. The summed E-state index contributed by atoms with van der Waals surface area (Å²) >= 11 is 0. The maximum atomic E-state index is 13.1. The van der Waals surface area contributed by atoms with Gasteiger partial charge in [-0.05, 0) is 30.7 Å². The number of nitrogens with zero attached hydrogens (tertiary/aromatic N) is 1. The molecule has 26 heavy (non-hydrogen) atoms. The van der Waals surface area contributed by atoms with Crippen LogP contribution in [0.2, 0.25) is 0 Å². The van der Waals surface area contributed by atoms with Crippen LogP contribution in [0.1, 0.15) is 35.7 Å². The van der Waals surface area contributed by atoms with E-state index in [9.17, 15) is 13.2 Å². The van der Waals surface area contributed by atoms with Gasteiger partial charge in [-0.15, -0.1) is 12.4 Å². The normalized spacial score (nSPS) is 11.2. The second kappa shape index (κ2) is 10.4. The quantitative estimate of drug-likeness (QED) is 0.660. The molecular formula is C19H25ClN2O3S. The predicted molar refractivity (Wildman–Crippen MR) is 106 cm³/mol. The van der Waals surface area contributed by atoms with E-state index in [0.29, 0.717) is 31.5 Å². The fourth-order valence-corrected chi connectivity index (χ4v) is 4.04. The van der Waals surface area contributed by atoms with Gasteiger partial charge >= 0.3 is 0 Å². The Morgan fingerprint density at radius 1 is 1.08 bits per heavy atom. The van der Waals surface area contributed by atoms with Gasteiger partial charge in [-0.1, -0.05) is 49.4 Å². The van der Waals surface area contributed by atoms with Crippen molar-refractivity contribution < 1.29 is 13.2 Å². The summed E-state index contributed by atoms with van der Waals surface area (Å²) in [6, 6.07) is 15.7. The number of Topliss-reactive ketones (excluding diaryl/α,β-unsaturated/α-hetero) is 1. The molecule has 0 bridgehead atoms. The Kier molecular flexibility index (Phi) is 8.95. The summed E-state index contributed by atoms with van der Waals surface area (Å²) < 4.78 is 27.6. The third kappa shape index (κ3) is 5.64. The van der Waals surface area contributed by atoms with Crippen LogP contribution in [0.15, 0.2) is 59.5 Å². The molecule has 5 nitrogen and oxygen atoms in total. The molecule has 0 unspecified atom stereocenters. The summed E-state index contributed by atoms with van der Waals surface area (Å²) in [5, 5.41) is 0. The van der Waals surface area contributed by atoms with Gasteiger partial charge in [0.05, 0.1) is 4.90 Å². The molecule has 0 aromatic heterocycles. The first kappa shape index (κ1) is 22.3. The van der Waals surface area contributed by atoms with Crippen molar-refractivity contribution >= 4 is 28.2 Å². The molecule has 2 N–H and O–H groups in total. The van der Waals surface area contributed by atoms with Crippen molar-refractivity contribution in [3.05, 3.63) is 65.7 Å². The highest BCUT2D eigenvalue weighted by atomic mass is 35.5. The van der Waals surface area contributed by atoms with Crippen molar-refractivity contribution in [1.29, 1.82) is 0 Å². The summed E-state index contributed by atoms with van der Waals surface area (Å²) in [6.07, 6.45) is 0.907. The van der Waals surface area contributed by atoms with E-state index in [0.717, 1.165) is 5.56 Å². The van der Waals surface area contributed by atoms with E-state index in [2.05, 4.69) is 0 Å². The van der Waals surface area contributed by atoms with Gasteiger partial charge in [0.2, 0.25) is 10.0 Å². The van der Waals surface area contributed by atoms with Crippen LogP contribution in [0.4, 0.5) is 0 Å². The first-order valence-corrected chi connectivity index (χ1v) is 9.80. The highest BCUT2D eigenvalue weighted by molar-refractivity contribution is 7.89. The first-order chi connectivity index (χ1) is 12.0. The van der Waals surface area contributed by atoms with Crippen LogP contribution in [0.5, 0.6) is 0 Å². The average molecular weight is 397 g/mol. The second-order valence-corrected chi connectivity index (χ2v) is 7.71. The van der Waals surface area contributed by atoms with Gasteiger partial charge in [-0.2, -0.15) is 4.31 Å². The molecule has 2 aromatic carbocycles. The molecule has 0 fully saturated rings.